The van der Waals surface area contributed by atoms with Crippen LogP contribution in [0, 0.1) is 10.1 Å². The predicted molar refractivity (Wildman–Crippen MR) is 75.2 cm³/mol. The maximum atomic E-state index is 12.7. The summed E-state index contributed by atoms with van der Waals surface area (Å²) in [7, 11) is 1.32. The Morgan fingerprint density at radius 3 is 2.48 bits per heavy atom. The van der Waals surface area contributed by atoms with Gasteiger partial charge in [0.1, 0.15) is 0 Å². The Bertz CT molecular complexity index is 584. The van der Waals surface area contributed by atoms with Crippen LogP contribution in [0.5, 0.6) is 5.75 Å². The van der Waals surface area contributed by atoms with Crippen LogP contribution in [0.2, 0.25) is 0 Å². The van der Waals surface area contributed by atoms with Gasteiger partial charge in [0, 0.05) is 25.7 Å². The zero-order chi connectivity index (χ0) is 17.3. The Morgan fingerprint density at radius 1 is 1.39 bits per heavy atom. The number of hydrogen-bond donors (Lipinski definition) is 1. The topological polar surface area (TPSA) is 75.8 Å². The first kappa shape index (κ1) is 17.5. The summed E-state index contributed by atoms with van der Waals surface area (Å²) in [6, 6.07) is 4.45. The number of hydrogen-bond acceptors (Lipinski definition) is 5. The number of methoxy groups -OCH3 is 1. The van der Waals surface area contributed by atoms with Crippen LogP contribution in [0.15, 0.2) is 18.2 Å². The van der Waals surface area contributed by atoms with Crippen LogP contribution < -0.4 is 4.74 Å². The molecule has 2 rings (SSSR count). The summed E-state index contributed by atoms with van der Waals surface area (Å²) in [5.74, 6) is 0.129. The monoisotopic (exact) mass is 334 g/mol. The molecule has 0 saturated carbocycles. The molecule has 0 radical (unpaired) electrons. The van der Waals surface area contributed by atoms with Crippen molar-refractivity contribution in [2.24, 2.45) is 0 Å². The van der Waals surface area contributed by atoms with E-state index in [1.165, 1.54) is 19.2 Å². The summed E-state index contributed by atoms with van der Waals surface area (Å²) in [6.45, 7) is 0.407. The van der Waals surface area contributed by atoms with Crippen LogP contribution in [-0.4, -0.2) is 46.9 Å². The third kappa shape index (κ3) is 3.73. The average molecular weight is 334 g/mol. The Balaban J connectivity index is 2.05. The highest BCUT2D eigenvalue weighted by Gasteiger charge is 2.54. The minimum Gasteiger partial charge on any atom is -0.490 e. The van der Waals surface area contributed by atoms with Crippen LogP contribution in [0.4, 0.5) is 18.9 Å². The highest BCUT2D eigenvalue weighted by atomic mass is 19.4. The summed E-state index contributed by atoms with van der Waals surface area (Å²) < 4.78 is 43.1. The smallest absolute Gasteiger partial charge is 0.417 e. The Hall–Kier alpha value is -1.87. The fourth-order valence-corrected chi connectivity index (χ4v) is 2.60. The lowest BCUT2D eigenvalue weighted by Gasteiger charge is -2.39. The van der Waals surface area contributed by atoms with Gasteiger partial charge in [-0.3, -0.25) is 15.0 Å². The van der Waals surface area contributed by atoms with Gasteiger partial charge in [-0.05, 0) is 24.5 Å². The Morgan fingerprint density at radius 2 is 2.00 bits per heavy atom. The number of nitro benzene ring substituents is 1. The Labute approximate surface area is 130 Å². The molecule has 1 aliphatic rings. The number of likely N-dealkylation sites (tertiary alicyclic amines) is 1. The molecule has 1 aromatic carbocycles. The van der Waals surface area contributed by atoms with Crippen molar-refractivity contribution in [1.82, 2.24) is 4.90 Å². The van der Waals surface area contributed by atoms with Gasteiger partial charge in [0.15, 0.2) is 11.4 Å². The number of ether oxygens (including phenoxy) is 1. The van der Waals surface area contributed by atoms with E-state index in [4.69, 9.17) is 4.74 Å². The van der Waals surface area contributed by atoms with Crippen LogP contribution in [0.3, 0.4) is 0 Å². The lowest BCUT2D eigenvalue weighted by Crippen LogP contribution is -2.53. The van der Waals surface area contributed by atoms with E-state index < -0.39 is 29.5 Å². The third-order valence-corrected chi connectivity index (χ3v) is 4.06. The third-order valence-electron chi connectivity index (χ3n) is 4.06. The quantitative estimate of drug-likeness (QED) is 0.676. The zero-order valence-electron chi connectivity index (χ0n) is 12.5. The van der Waals surface area contributed by atoms with Gasteiger partial charge in [0.05, 0.1) is 12.0 Å². The second kappa shape index (κ2) is 6.32. The number of aliphatic hydroxyl groups is 1. The summed E-state index contributed by atoms with van der Waals surface area (Å²) in [5.41, 5.74) is -2.22. The van der Waals surface area contributed by atoms with Crippen LogP contribution in [0.25, 0.3) is 0 Å². The second-order valence-corrected chi connectivity index (χ2v) is 5.57. The lowest BCUT2D eigenvalue weighted by molar-refractivity contribution is -0.385. The lowest BCUT2D eigenvalue weighted by atomic mass is 9.90. The van der Waals surface area contributed by atoms with E-state index in [0.29, 0.717) is 5.56 Å². The van der Waals surface area contributed by atoms with Gasteiger partial charge in [-0.2, -0.15) is 13.2 Å². The van der Waals surface area contributed by atoms with E-state index in [1.807, 2.05) is 0 Å². The van der Waals surface area contributed by atoms with E-state index in [-0.39, 0.29) is 31.1 Å². The van der Waals surface area contributed by atoms with Gasteiger partial charge in [0.25, 0.3) is 0 Å². The molecular formula is C14H17F3N2O4. The molecule has 128 valence electrons. The molecule has 0 spiro atoms. The summed E-state index contributed by atoms with van der Waals surface area (Å²) in [5, 5.41) is 20.6. The molecule has 0 unspecified atom stereocenters. The maximum Gasteiger partial charge on any atom is 0.417 e. The van der Waals surface area contributed by atoms with Gasteiger partial charge in [-0.1, -0.05) is 6.07 Å². The number of nitrogens with zero attached hydrogens (tertiary/aromatic N) is 2. The molecule has 1 saturated heterocycles. The summed E-state index contributed by atoms with van der Waals surface area (Å²) in [6.07, 6.45) is -5.46. The number of halogens is 3. The SMILES string of the molecule is COc1ccc(CN2CCC(O)(C(F)(F)F)CC2)cc1[N+](=O)[O-]. The molecule has 23 heavy (non-hydrogen) atoms. The largest absolute Gasteiger partial charge is 0.490 e. The van der Waals surface area contributed by atoms with Crippen molar-refractivity contribution < 1.29 is 27.9 Å². The van der Waals surface area contributed by atoms with Gasteiger partial charge < -0.3 is 9.84 Å². The van der Waals surface area contributed by atoms with Gasteiger partial charge in [-0.25, -0.2) is 0 Å². The van der Waals surface area contributed by atoms with E-state index in [9.17, 15) is 28.4 Å². The fraction of sp³-hybridized carbons (Fsp3) is 0.571. The van der Waals surface area contributed by atoms with Crippen molar-refractivity contribution in [3.63, 3.8) is 0 Å². The molecule has 0 aromatic heterocycles. The Kier molecular flexibility index (Phi) is 4.81. The molecule has 1 aliphatic heterocycles. The van der Waals surface area contributed by atoms with E-state index >= 15 is 0 Å². The van der Waals surface area contributed by atoms with Crippen LogP contribution >= 0.6 is 0 Å². The molecule has 6 nitrogen and oxygen atoms in total. The highest BCUT2D eigenvalue weighted by Crippen LogP contribution is 2.38. The molecule has 1 fully saturated rings. The van der Waals surface area contributed by atoms with E-state index in [0.717, 1.165) is 0 Å². The molecule has 0 amide bonds. The molecule has 0 aliphatic carbocycles. The second-order valence-electron chi connectivity index (χ2n) is 5.57. The maximum absolute atomic E-state index is 12.7. The van der Waals surface area contributed by atoms with E-state index in [1.54, 1.807) is 11.0 Å². The minimum atomic E-state index is -4.64. The first-order chi connectivity index (χ1) is 10.7. The molecule has 0 atom stereocenters. The first-order valence-corrected chi connectivity index (χ1v) is 6.99. The number of piperidine rings is 1. The van der Waals surface area contributed by atoms with Crippen LogP contribution in [0.1, 0.15) is 18.4 Å². The minimum absolute atomic E-state index is 0.0653. The van der Waals surface area contributed by atoms with Crippen molar-refractivity contribution in [3.8, 4) is 5.75 Å². The van der Waals surface area contributed by atoms with Gasteiger partial charge >= 0.3 is 11.9 Å². The molecule has 1 N–H and O–H groups in total. The number of alkyl halides is 3. The van der Waals surface area contributed by atoms with Crippen molar-refractivity contribution in [2.45, 2.75) is 31.2 Å². The van der Waals surface area contributed by atoms with Crippen molar-refractivity contribution in [1.29, 1.82) is 0 Å². The van der Waals surface area contributed by atoms with Gasteiger partial charge in [0.2, 0.25) is 0 Å². The van der Waals surface area contributed by atoms with Gasteiger partial charge in [-0.15, -0.1) is 0 Å². The number of benzene rings is 1. The number of nitro groups is 1. The number of rotatable bonds is 4. The highest BCUT2D eigenvalue weighted by molar-refractivity contribution is 5.48. The van der Waals surface area contributed by atoms with Crippen molar-refractivity contribution in [2.75, 3.05) is 20.2 Å². The molecule has 1 aromatic rings. The van der Waals surface area contributed by atoms with Crippen LogP contribution in [-0.2, 0) is 6.54 Å². The molecule has 0 bridgehead atoms. The molecule has 1 heterocycles. The van der Waals surface area contributed by atoms with Crippen molar-refractivity contribution >= 4 is 5.69 Å². The van der Waals surface area contributed by atoms with E-state index in [2.05, 4.69) is 0 Å². The summed E-state index contributed by atoms with van der Waals surface area (Å²) in [4.78, 5) is 12.1. The first-order valence-electron chi connectivity index (χ1n) is 6.99. The molecular weight excluding hydrogens is 317 g/mol. The summed E-state index contributed by atoms with van der Waals surface area (Å²) >= 11 is 0. The normalized spacial score (nSPS) is 18.7. The predicted octanol–water partition coefficient (Wildman–Crippen LogP) is 2.49. The molecule has 9 heteroatoms. The van der Waals surface area contributed by atoms with Crippen molar-refractivity contribution in [3.05, 3.63) is 33.9 Å². The fourth-order valence-electron chi connectivity index (χ4n) is 2.60. The zero-order valence-corrected chi connectivity index (χ0v) is 12.5. The standard InChI is InChI=1S/C14H17F3N2O4/c1-23-12-3-2-10(8-11(12)19(21)22)9-18-6-4-13(20,5-7-18)14(15,16)17/h2-3,8,20H,4-7,9H2,1H3. The average Bonchev–Trinajstić information content (AvgIpc) is 2.48.